The van der Waals surface area contributed by atoms with Crippen LogP contribution in [0.2, 0.25) is 5.02 Å². The maximum absolute atomic E-state index is 6.10. The minimum Gasteiger partial charge on any atom is -0.337 e. The highest BCUT2D eigenvalue weighted by Crippen LogP contribution is 2.27. The maximum atomic E-state index is 6.10. The maximum Gasteiger partial charge on any atom is 0.204 e. The summed E-state index contributed by atoms with van der Waals surface area (Å²) < 4.78 is 1.94. The van der Waals surface area contributed by atoms with Crippen LogP contribution >= 0.6 is 11.6 Å². The van der Waals surface area contributed by atoms with E-state index in [2.05, 4.69) is 28.5 Å². The number of nitrogens with one attached hydrogen (secondary N) is 1. The molecule has 6 heteroatoms. The Hall–Kier alpha value is -2.66. The van der Waals surface area contributed by atoms with Crippen molar-refractivity contribution < 1.29 is 0 Å². The largest absolute Gasteiger partial charge is 0.337 e. The fraction of sp³-hybridized carbons (Fsp3) is 0.118. The first-order chi connectivity index (χ1) is 11.1. The Morgan fingerprint density at radius 2 is 1.96 bits per heavy atom. The Bertz CT molecular complexity index is 1040. The summed E-state index contributed by atoms with van der Waals surface area (Å²) in [4.78, 5) is 4.71. The second kappa shape index (κ2) is 5.21. The van der Waals surface area contributed by atoms with Gasteiger partial charge in [-0.05, 0) is 49.2 Å². The van der Waals surface area contributed by atoms with Crippen LogP contribution in [0.5, 0.6) is 0 Å². The molecular weight excluding hydrogens is 310 g/mol. The summed E-state index contributed by atoms with van der Waals surface area (Å²) in [6, 6.07) is 11.8. The number of hydrogen-bond donors (Lipinski definition) is 1. The van der Waals surface area contributed by atoms with Crippen LogP contribution < -0.4 is 5.32 Å². The third kappa shape index (κ3) is 2.39. The molecule has 0 aliphatic rings. The van der Waals surface area contributed by atoms with Gasteiger partial charge in [-0.15, -0.1) is 10.2 Å². The van der Waals surface area contributed by atoms with E-state index < -0.39 is 0 Å². The zero-order valence-corrected chi connectivity index (χ0v) is 13.5. The summed E-state index contributed by atoms with van der Waals surface area (Å²) in [6.07, 6.45) is 1.70. The molecule has 2 aromatic heterocycles. The van der Waals surface area contributed by atoms with E-state index in [1.165, 1.54) is 5.56 Å². The molecule has 23 heavy (non-hydrogen) atoms. The molecule has 0 bridgehead atoms. The van der Waals surface area contributed by atoms with Gasteiger partial charge in [0.25, 0.3) is 0 Å². The van der Waals surface area contributed by atoms with Gasteiger partial charge >= 0.3 is 0 Å². The van der Waals surface area contributed by atoms with E-state index in [4.69, 9.17) is 16.6 Å². The summed E-state index contributed by atoms with van der Waals surface area (Å²) in [5, 5.41) is 12.2. The molecule has 1 N–H and O–H groups in total. The molecule has 0 unspecified atom stereocenters. The summed E-state index contributed by atoms with van der Waals surface area (Å²) >= 11 is 6.10. The second-order valence-corrected chi connectivity index (χ2v) is 6.00. The minimum atomic E-state index is 0.657. The van der Waals surface area contributed by atoms with Gasteiger partial charge in [0, 0.05) is 10.7 Å². The summed E-state index contributed by atoms with van der Waals surface area (Å²) in [6.45, 7) is 4.07. The minimum absolute atomic E-state index is 0.657. The number of halogens is 1. The monoisotopic (exact) mass is 323 g/mol. The molecule has 4 aromatic rings. The van der Waals surface area contributed by atoms with Gasteiger partial charge in [-0.3, -0.25) is 4.40 Å². The molecule has 4 rings (SSSR count). The smallest absolute Gasteiger partial charge is 0.204 e. The molecule has 0 amide bonds. The van der Waals surface area contributed by atoms with Crippen molar-refractivity contribution in [3.8, 4) is 0 Å². The number of rotatable bonds is 2. The first-order valence-electron chi connectivity index (χ1n) is 7.25. The average Bonchev–Trinajstić information content (AvgIpc) is 3.02. The topological polar surface area (TPSA) is 55.1 Å². The van der Waals surface area contributed by atoms with Crippen molar-refractivity contribution >= 4 is 39.8 Å². The molecule has 2 heterocycles. The Kier molecular flexibility index (Phi) is 3.16. The van der Waals surface area contributed by atoms with E-state index in [1.807, 2.05) is 41.7 Å². The number of hydrogen-bond acceptors (Lipinski definition) is 4. The lowest BCUT2D eigenvalue weighted by atomic mass is 10.2. The number of anilines is 2. The van der Waals surface area contributed by atoms with E-state index in [-0.39, 0.29) is 0 Å². The van der Waals surface area contributed by atoms with Gasteiger partial charge < -0.3 is 5.32 Å². The Balaban J connectivity index is 1.93. The molecule has 0 radical (unpaired) electrons. The molecule has 2 aromatic carbocycles. The number of nitrogens with zero attached hydrogens (tertiary/aromatic N) is 4. The van der Waals surface area contributed by atoms with E-state index in [1.54, 1.807) is 6.33 Å². The van der Waals surface area contributed by atoms with Crippen LogP contribution in [0.1, 0.15) is 11.1 Å². The van der Waals surface area contributed by atoms with Crippen molar-refractivity contribution in [1.29, 1.82) is 0 Å². The highest BCUT2D eigenvalue weighted by Gasteiger charge is 2.12. The van der Waals surface area contributed by atoms with Gasteiger partial charge in [0.1, 0.15) is 6.33 Å². The quantitative estimate of drug-likeness (QED) is 0.598. The molecule has 5 nitrogen and oxygen atoms in total. The van der Waals surface area contributed by atoms with E-state index in [0.717, 1.165) is 22.3 Å². The van der Waals surface area contributed by atoms with E-state index in [0.29, 0.717) is 16.5 Å². The fourth-order valence-electron chi connectivity index (χ4n) is 2.60. The van der Waals surface area contributed by atoms with Crippen LogP contribution in [0.3, 0.4) is 0 Å². The predicted molar refractivity (Wildman–Crippen MR) is 92.5 cm³/mol. The molecule has 0 saturated heterocycles. The SMILES string of the molecule is Cc1ccc2nc(Nc3cc(Cl)ccc3C)c3nncn3c2c1. The first-order valence-corrected chi connectivity index (χ1v) is 7.63. The van der Waals surface area contributed by atoms with Gasteiger partial charge in [0.05, 0.1) is 11.0 Å². The summed E-state index contributed by atoms with van der Waals surface area (Å²) in [7, 11) is 0. The van der Waals surface area contributed by atoms with Crippen LogP contribution in [0.25, 0.3) is 16.7 Å². The van der Waals surface area contributed by atoms with Crippen molar-refractivity contribution in [3.63, 3.8) is 0 Å². The van der Waals surface area contributed by atoms with Gasteiger partial charge in [-0.25, -0.2) is 4.98 Å². The third-order valence-electron chi connectivity index (χ3n) is 3.83. The van der Waals surface area contributed by atoms with Crippen molar-refractivity contribution in [3.05, 3.63) is 58.9 Å². The van der Waals surface area contributed by atoms with Crippen molar-refractivity contribution in [2.24, 2.45) is 0 Å². The lowest BCUT2D eigenvalue weighted by Gasteiger charge is -2.11. The highest BCUT2D eigenvalue weighted by atomic mass is 35.5. The van der Waals surface area contributed by atoms with Crippen LogP contribution in [-0.2, 0) is 0 Å². The number of fused-ring (bicyclic) bond motifs is 3. The number of aryl methyl sites for hydroxylation is 2. The van der Waals surface area contributed by atoms with Gasteiger partial charge in [0.15, 0.2) is 5.82 Å². The summed E-state index contributed by atoms with van der Waals surface area (Å²) in [5.74, 6) is 0.657. The van der Waals surface area contributed by atoms with E-state index >= 15 is 0 Å². The van der Waals surface area contributed by atoms with Crippen molar-refractivity contribution in [1.82, 2.24) is 19.6 Å². The Morgan fingerprint density at radius 1 is 1.09 bits per heavy atom. The third-order valence-corrected chi connectivity index (χ3v) is 4.07. The van der Waals surface area contributed by atoms with Gasteiger partial charge in [-0.1, -0.05) is 23.7 Å². The molecule has 0 aliphatic carbocycles. The molecule has 0 spiro atoms. The van der Waals surface area contributed by atoms with Crippen molar-refractivity contribution in [2.45, 2.75) is 13.8 Å². The zero-order valence-electron chi connectivity index (χ0n) is 12.7. The zero-order chi connectivity index (χ0) is 16.0. The standard InChI is InChI=1S/C17H14ClN5/c1-10-3-6-13-15(7-10)23-9-19-22-17(23)16(20-13)21-14-8-12(18)5-4-11(14)2/h3-9H,1-2H3,(H,20,21). The molecular formula is C17H14ClN5. The van der Waals surface area contributed by atoms with Gasteiger partial charge in [0.2, 0.25) is 5.65 Å². The summed E-state index contributed by atoms with van der Waals surface area (Å²) in [5.41, 5.74) is 5.70. The second-order valence-electron chi connectivity index (χ2n) is 5.56. The van der Waals surface area contributed by atoms with Crippen LogP contribution in [0.4, 0.5) is 11.5 Å². The normalized spacial score (nSPS) is 11.3. The highest BCUT2D eigenvalue weighted by molar-refractivity contribution is 6.30. The van der Waals surface area contributed by atoms with Gasteiger partial charge in [-0.2, -0.15) is 0 Å². The average molecular weight is 324 g/mol. The molecule has 114 valence electrons. The molecule has 0 aliphatic heterocycles. The van der Waals surface area contributed by atoms with Crippen LogP contribution in [-0.4, -0.2) is 19.6 Å². The van der Waals surface area contributed by atoms with Crippen molar-refractivity contribution in [2.75, 3.05) is 5.32 Å². The first kappa shape index (κ1) is 14.0. The molecule has 0 fully saturated rings. The fourth-order valence-corrected chi connectivity index (χ4v) is 2.78. The van der Waals surface area contributed by atoms with Crippen LogP contribution in [0.15, 0.2) is 42.7 Å². The lowest BCUT2D eigenvalue weighted by molar-refractivity contribution is 1.11. The Labute approximate surface area is 137 Å². The molecule has 0 saturated carbocycles. The predicted octanol–water partition coefficient (Wildman–Crippen LogP) is 4.29. The van der Waals surface area contributed by atoms with E-state index in [9.17, 15) is 0 Å². The number of benzene rings is 2. The molecule has 0 atom stereocenters. The number of aromatic nitrogens is 4. The van der Waals surface area contributed by atoms with Crippen LogP contribution in [0, 0.1) is 13.8 Å². The Morgan fingerprint density at radius 3 is 2.83 bits per heavy atom. The lowest BCUT2D eigenvalue weighted by Crippen LogP contribution is -2.01.